The van der Waals surface area contributed by atoms with Crippen molar-refractivity contribution < 1.29 is 9.59 Å². The molecule has 2 N–H and O–H groups in total. The van der Waals surface area contributed by atoms with Gasteiger partial charge in [-0.3, -0.25) is 9.59 Å². The summed E-state index contributed by atoms with van der Waals surface area (Å²) in [7, 11) is 1.66. The molecule has 2 aliphatic rings. The Labute approximate surface area is 118 Å². The van der Waals surface area contributed by atoms with Crippen molar-refractivity contribution in [3.63, 3.8) is 0 Å². The van der Waals surface area contributed by atoms with Gasteiger partial charge in [0, 0.05) is 30.9 Å². The van der Waals surface area contributed by atoms with Crippen molar-refractivity contribution in [1.82, 2.24) is 10.2 Å². The molecule has 1 saturated carbocycles. The summed E-state index contributed by atoms with van der Waals surface area (Å²) in [5.41, 5.74) is 2.90. The smallest absolute Gasteiger partial charge is 0.254 e. The van der Waals surface area contributed by atoms with Crippen LogP contribution in [-0.2, 0) is 11.2 Å². The number of likely N-dealkylation sites (N-methyl/N-ethyl adjacent to an activating group) is 1. The third-order valence-corrected chi connectivity index (χ3v) is 3.74. The van der Waals surface area contributed by atoms with Gasteiger partial charge < -0.3 is 15.5 Å². The predicted molar refractivity (Wildman–Crippen MR) is 76.8 cm³/mol. The normalized spacial score (nSPS) is 16.2. The molecule has 1 aromatic carbocycles. The molecule has 0 atom stereocenters. The van der Waals surface area contributed by atoms with Gasteiger partial charge in [0.1, 0.15) is 0 Å². The van der Waals surface area contributed by atoms with Gasteiger partial charge in [-0.1, -0.05) is 6.07 Å². The lowest BCUT2D eigenvalue weighted by atomic mass is 10.1. The Bertz CT molecular complexity index is 552. The molecule has 1 fully saturated rings. The maximum atomic E-state index is 12.3. The SMILES string of the molecule is CN(CC(=O)NC1CC1)C(=O)c1ccc2c(c1)NCC2. The van der Waals surface area contributed by atoms with Gasteiger partial charge in [-0.15, -0.1) is 0 Å². The van der Waals surface area contributed by atoms with Gasteiger partial charge in [0.25, 0.3) is 5.91 Å². The highest BCUT2D eigenvalue weighted by molar-refractivity contribution is 5.97. The van der Waals surface area contributed by atoms with Gasteiger partial charge in [0.15, 0.2) is 0 Å². The molecule has 0 aromatic heterocycles. The van der Waals surface area contributed by atoms with E-state index in [1.807, 2.05) is 18.2 Å². The fraction of sp³-hybridized carbons (Fsp3) is 0.467. The largest absolute Gasteiger partial charge is 0.384 e. The van der Waals surface area contributed by atoms with Crippen LogP contribution in [0.1, 0.15) is 28.8 Å². The standard InChI is InChI=1S/C15H19N3O2/c1-18(9-14(19)17-12-4-5-12)15(20)11-3-2-10-6-7-16-13(10)8-11/h2-3,8,12,16H,4-7,9H2,1H3,(H,17,19). The van der Waals surface area contributed by atoms with Gasteiger partial charge in [0.2, 0.25) is 5.91 Å². The van der Waals surface area contributed by atoms with E-state index in [2.05, 4.69) is 10.6 Å². The first-order valence-corrected chi connectivity index (χ1v) is 7.05. The Balaban J connectivity index is 1.63. The van der Waals surface area contributed by atoms with E-state index < -0.39 is 0 Å². The number of rotatable bonds is 4. The van der Waals surface area contributed by atoms with E-state index >= 15 is 0 Å². The van der Waals surface area contributed by atoms with Crippen molar-refractivity contribution in [3.05, 3.63) is 29.3 Å². The lowest BCUT2D eigenvalue weighted by molar-refractivity contribution is -0.121. The molecule has 5 heteroatoms. The maximum Gasteiger partial charge on any atom is 0.254 e. The van der Waals surface area contributed by atoms with Crippen LogP contribution in [0.2, 0.25) is 0 Å². The molecule has 106 valence electrons. The average Bonchev–Trinajstić information content (AvgIpc) is 3.11. The van der Waals surface area contributed by atoms with Gasteiger partial charge >= 0.3 is 0 Å². The highest BCUT2D eigenvalue weighted by Gasteiger charge is 2.24. The van der Waals surface area contributed by atoms with Crippen molar-refractivity contribution in [3.8, 4) is 0 Å². The van der Waals surface area contributed by atoms with Crippen molar-refractivity contribution >= 4 is 17.5 Å². The summed E-state index contributed by atoms with van der Waals surface area (Å²) in [6.45, 7) is 1.03. The minimum Gasteiger partial charge on any atom is -0.384 e. The molecule has 0 bridgehead atoms. The molecule has 20 heavy (non-hydrogen) atoms. The predicted octanol–water partition coefficient (Wildman–Crippen LogP) is 1.01. The lowest BCUT2D eigenvalue weighted by Gasteiger charge is -2.17. The molecule has 0 unspecified atom stereocenters. The molecule has 1 aliphatic heterocycles. The molecule has 1 aliphatic carbocycles. The van der Waals surface area contributed by atoms with Crippen molar-refractivity contribution in [2.75, 3.05) is 25.5 Å². The third-order valence-electron chi connectivity index (χ3n) is 3.74. The fourth-order valence-corrected chi connectivity index (χ4v) is 2.43. The quantitative estimate of drug-likeness (QED) is 0.860. The summed E-state index contributed by atoms with van der Waals surface area (Å²) < 4.78 is 0. The van der Waals surface area contributed by atoms with E-state index in [4.69, 9.17) is 0 Å². The average molecular weight is 273 g/mol. The molecule has 1 aromatic rings. The Morgan fingerprint density at radius 3 is 2.95 bits per heavy atom. The van der Waals surface area contributed by atoms with Gasteiger partial charge in [-0.25, -0.2) is 0 Å². The second-order valence-corrected chi connectivity index (χ2v) is 5.55. The van der Waals surface area contributed by atoms with E-state index in [1.165, 1.54) is 10.5 Å². The number of carbonyl (C=O) groups is 2. The van der Waals surface area contributed by atoms with Crippen LogP contribution in [0.4, 0.5) is 5.69 Å². The Morgan fingerprint density at radius 1 is 1.40 bits per heavy atom. The first kappa shape index (κ1) is 13.0. The molecular formula is C15H19N3O2. The zero-order valence-corrected chi connectivity index (χ0v) is 11.6. The third kappa shape index (κ3) is 2.76. The lowest BCUT2D eigenvalue weighted by Crippen LogP contribution is -2.39. The van der Waals surface area contributed by atoms with Crippen LogP contribution in [0.15, 0.2) is 18.2 Å². The molecule has 0 saturated heterocycles. The Hall–Kier alpha value is -2.04. The number of benzene rings is 1. The van der Waals surface area contributed by atoms with Gasteiger partial charge in [0.05, 0.1) is 6.54 Å². The topological polar surface area (TPSA) is 61.4 Å². The number of carbonyl (C=O) groups excluding carboxylic acids is 2. The summed E-state index contributed by atoms with van der Waals surface area (Å²) in [6.07, 6.45) is 3.11. The second-order valence-electron chi connectivity index (χ2n) is 5.55. The summed E-state index contributed by atoms with van der Waals surface area (Å²) in [5, 5.41) is 6.15. The minimum absolute atomic E-state index is 0.0809. The molecule has 2 amide bonds. The summed E-state index contributed by atoms with van der Waals surface area (Å²) in [4.78, 5) is 25.5. The first-order chi connectivity index (χ1) is 9.63. The highest BCUT2D eigenvalue weighted by Crippen LogP contribution is 2.23. The van der Waals surface area contributed by atoms with Crippen molar-refractivity contribution in [2.24, 2.45) is 0 Å². The van der Waals surface area contributed by atoms with E-state index in [-0.39, 0.29) is 18.4 Å². The molecule has 0 radical (unpaired) electrons. The zero-order valence-electron chi connectivity index (χ0n) is 11.6. The Morgan fingerprint density at radius 2 is 2.20 bits per heavy atom. The van der Waals surface area contributed by atoms with Crippen LogP contribution in [-0.4, -0.2) is 42.9 Å². The number of hydrogen-bond acceptors (Lipinski definition) is 3. The number of hydrogen-bond donors (Lipinski definition) is 2. The minimum atomic E-state index is -0.118. The number of nitrogens with zero attached hydrogens (tertiary/aromatic N) is 1. The molecular weight excluding hydrogens is 254 g/mol. The molecule has 3 rings (SSSR count). The van der Waals surface area contributed by atoms with Crippen molar-refractivity contribution in [2.45, 2.75) is 25.3 Å². The van der Waals surface area contributed by atoms with Gasteiger partial charge in [-0.05, 0) is 37.0 Å². The van der Waals surface area contributed by atoms with Crippen LogP contribution < -0.4 is 10.6 Å². The van der Waals surface area contributed by atoms with Crippen LogP contribution in [0, 0.1) is 0 Å². The number of nitrogens with one attached hydrogen (secondary N) is 2. The number of anilines is 1. The first-order valence-electron chi connectivity index (χ1n) is 7.05. The summed E-state index contributed by atoms with van der Waals surface area (Å²) >= 11 is 0. The van der Waals surface area contributed by atoms with E-state index in [9.17, 15) is 9.59 Å². The molecule has 1 heterocycles. The highest BCUT2D eigenvalue weighted by atomic mass is 16.2. The monoisotopic (exact) mass is 273 g/mol. The zero-order chi connectivity index (χ0) is 14.1. The summed E-state index contributed by atoms with van der Waals surface area (Å²) in [6, 6.07) is 6.03. The fourth-order valence-electron chi connectivity index (χ4n) is 2.43. The number of fused-ring (bicyclic) bond motifs is 1. The van der Waals surface area contributed by atoms with Gasteiger partial charge in [-0.2, -0.15) is 0 Å². The molecule has 0 spiro atoms. The van der Waals surface area contributed by atoms with Crippen LogP contribution in [0.3, 0.4) is 0 Å². The van der Waals surface area contributed by atoms with Crippen LogP contribution >= 0.6 is 0 Å². The Kier molecular flexibility index (Phi) is 3.34. The summed E-state index contributed by atoms with van der Waals surface area (Å²) in [5.74, 6) is -0.199. The maximum absolute atomic E-state index is 12.3. The second kappa shape index (κ2) is 5.15. The molecule has 5 nitrogen and oxygen atoms in total. The van der Waals surface area contributed by atoms with Crippen LogP contribution in [0.25, 0.3) is 0 Å². The van der Waals surface area contributed by atoms with E-state index in [0.29, 0.717) is 11.6 Å². The van der Waals surface area contributed by atoms with Crippen molar-refractivity contribution in [1.29, 1.82) is 0 Å². The van der Waals surface area contributed by atoms with E-state index in [0.717, 1.165) is 31.5 Å². The van der Waals surface area contributed by atoms with Crippen LogP contribution in [0.5, 0.6) is 0 Å². The van der Waals surface area contributed by atoms with E-state index in [1.54, 1.807) is 7.05 Å². The number of amides is 2.